The van der Waals surface area contributed by atoms with Crippen LogP contribution in [0.25, 0.3) is 0 Å². The van der Waals surface area contributed by atoms with E-state index >= 15 is 0 Å². The van der Waals surface area contributed by atoms with Crippen LogP contribution in [-0.4, -0.2) is 49.1 Å². The number of nitrogens with zero attached hydrogens (tertiary/aromatic N) is 2. The summed E-state index contributed by atoms with van der Waals surface area (Å²) in [5, 5.41) is 0. The van der Waals surface area contributed by atoms with Crippen LogP contribution in [0.5, 0.6) is 0 Å². The smallest absolute Gasteiger partial charge is 0.00161 e. The van der Waals surface area contributed by atoms with Crippen molar-refractivity contribution in [1.82, 2.24) is 9.80 Å². The average Bonchev–Trinajstić information content (AvgIpc) is 3.24. The van der Waals surface area contributed by atoms with Crippen molar-refractivity contribution in [1.29, 1.82) is 0 Å². The molecule has 0 aromatic heterocycles. The van der Waals surface area contributed by atoms with E-state index in [9.17, 15) is 0 Å². The van der Waals surface area contributed by atoms with Crippen LogP contribution in [0, 0.1) is 5.92 Å². The van der Waals surface area contributed by atoms with E-state index in [1.165, 1.54) is 328 Å². The topological polar surface area (TPSA) is 6.48 Å². The van der Waals surface area contributed by atoms with Gasteiger partial charge in [0, 0.05) is 0 Å². The quantitative estimate of drug-likeness (QED) is 0.0564. The molecular weight excluding hydrogens is 713 g/mol. The Hall–Kier alpha value is -0.0800. The molecule has 356 valence electrons. The van der Waals surface area contributed by atoms with Gasteiger partial charge in [0.05, 0.1) is 0 Å². The lowest BCUT2D eigenvalue weighted by Gasteiger charge is -2.26. The highest BCUT2D eigenvalue weighted by molar-refractivity contribution is 4.67. The van der Waals surface area contributed by atoms with E-state index < -0.39 is 0 Å². The van der Waals surface area contributed by atoms with Crippen LogP contribution >= 0.6 is 0 Å². The molecule has 0 heterocycles. The van der Waals surface area contributed by atoms with Gasteiger partial charge < -0.3 is 9.80 Å². The van der Waals surface area contributed by atoms with E-state index in [-0.39, 0.29) is 0 Å². The minimum Gasteiger partial charge on any atom is -0.303 e. The fourth-order valence-electron chi connectivity index (χ4n) is 9.68. The Balaban J connectivity index is 4.72. The Morgan fingerprint density at radius 3 is 0.610 bits per heavy atom. The zero-order valence-corrected chi connectivity index (χ0v) is 42.5. The van der Waals surface area contributed by atoms with Crippen molar-refractivity contribution in [2.75, 3.05) is 39.3 Å². The predicted octanol–water partition coefficient (Wildman–Crippen LogP) is 19.9. The molecule has 0 fully saturated rings. The predicted molar refractivity (Wildman–Crippen MR) is 273 cm³/mol. The minimum atomic E-state index is 0.967. The zero-order chi connectivity index (χ0) is 42.8. The first-order chi connectivity index (χ1) is 29.2. The molecular formula is C57H118N2. The Morgan fingerprint density at radius 2 is 0.373 bits per heavy atom. The van der Waals surface area contributed by atoms with Crippen LogP contribution in [0.3, 0.4) is 0 Å². The molecule has 0 N–H and O–H groups in total. The first-order valence-electron chi connectivity index (χ1n) is 28.7. The Morgan fingerprint density at radius 1 is 0.186 bits per heavy atom. The second kappa shape index (κ2) is 52.3. The Kier molecular flexibility index (Phi) is 52.2. The van der Waals surface area contributed by atoms with Crippen molar-refractivity contribution < 1.29 is 0 Å². The van der Waals surface area contributed by atoms with Crippen LogP contribution in [0.4, 0.5) is 0 Å². The van der Waals surface area contributed by atoms with Gasteiger partial charge in [0.25, 0.3) is 0 Å². The highest BCUT2D eigenvalue weighted by Gasteiger charge is 2.13. The summed E-state index contributed by atoms with van der Waals surface area (Å²) in [6, 6.07) is 0. The van der Waals surface area contributed by atoms with Gasteiger partial charge in [-0.1, -0.05) is 285 Å². The van der Waals surface area contributed by atoms with Gasteiger partial charge in [-0.05, 0) is 83.7 Å². The maximum absolute atomic E-state index is 2.93. The van der Waals surface area contributed by atoms with E-state index in [0.717, 1.165) is 5.92 Å². The molecule has 1 unspecified atom stereocenters. The maximum Gasteiger partial charge on any atom is -0.00161 e. The molecule has 0 aromatic rings. The van der Waals surface area contributed by atoms with Gasteiger partial charge in [-0.2, -0.15) is 0 Å². The maximum atomic E-state index is 2.93. The lowest BCUT2D eigenvalue weighted by molar-refractivity contribution is 0.230. The molecule has 1 atom stereocenters. The molecule has 0 saturated carbocycles. The lowest BCUT2D eigenvalue weighted by atomic mass is 9.91. The van der Waals surface area contributed by atoms with Gasteiger partial charge in [0.2, 0.25) is 0 Å². The fraction of sp³-hybridized carbons (Fsp3) is 1.00. The number of hydrogen-bond acceptors (Lipinski definition) is 2. The monoisotopic (exact) mass is 831 g/mol. The summed E-state index contributed by atoms with van der Waals surface area (Å²) in [6.45, 7) is 19.9. The third kappa shape index (κ3) is 47.2. The first-order valence-corrected chi connectivity index (χ1v) is 28.7. The van der Waals surface area contributed by atoms with Gasteiger partial charge in [-0.25, -0.2) is 0 Å². The van der Waals surface area contributed by atoms with Crippen molar-refractivity contribution in [2.24, 2.45) is 5.92 Å². The molecule has 0 aliphatic heterocycles. The third-order valence-corrected chi connectivity index (χ3v) is 14.0. The lowest BCUT2D eigenvalue weighted by Crippen LogP contribution is -2.28. The summed E-state index contributed by atoms with van der Waals surface area (Å²) < 4.78 is 0. The van der Waals surface area contributed by atoms with Crippen LogP contribution in [-0.2, 0) is 0 Å². The van der Waals surface area contributed by atoms with Crippen molar-refractivity contribution >= 4 is 0 Å². The third-order valence-electron chi connectivity index (χ3n) is 14.0. The van der Waals surface area contributed by atoms with Crippen molar-refractivity contribution in [3.63, 3.8) is 0 Å². The summed E-state index contributed by atoms with van der Waals surface area (Å²) >= 11 is 0. The van der Waals surface area contributed by atoms with Crippen molar-refractivity contribution in [3.05, 3.63) is 0 Å². The first kappa shape index (κ1) is 58.9. The summed E-state index contributed by atoms with van der Waals surface area (Å²) in [4.78, 5) is 5.80. The molecule has 0 radical (unpaired) electrons. The van der Waals surface area contributed by atoms with Crippen molar-refractivity contribution in [2.45, 2.75) is 324 Å². The second-order valence-corrected chi connectivity index (χ2v) is 20.0. The van der Waals surface area contributed by atoms with E-state index in [1.54, 1.807) is 0 Å². The molecule has 2 nitrogen and oxygen atoms in total. The molecule has 0 spiro atoms. The van der Waals surface area contributed by atoms with Gasteiger partial charge in [-0.15, -0.1) is 0 Å². The SMILES string of the molecule is CCCCCCCCCC(CCCCCCCCCN(CCCCCCCCC)CCCCCCCCC)CCN(CCCCCCCCC)CCCCCCCCC. The molecule has 0 saturated heterocycles. The number of unbranched alkanes of at least 4 members (excludes halogenated alkanes) is 36. The normalized spacial score (nSPS) is 12.5. The van der Waals surface area contributed by atoms with Gasteiger partial charge in [0.1, 0.15) is 0 Å². The van der Waals surface area contributed by atoms with Crippen molar-refractivity contribution in [3.8, 4) is 0 Å². The summed E-state index contributed by atoms with van der Waals surface area (Å²) in [7, 11) is 0. The van der Waals surface area contributed by atoms with Gasteiger partial charge >= 0.3 is 0 Å². The summed E-state index contributed by atoms with van der Waals surface area (Å²) in [5.41, 5.74) is 0. The molecule has 0 bridgehead atoms. The van der Waals surface area contributed by atoms with Gasteiger partial charge in [-0.3, -0.25) is 0 Å². The summed E-state index contributed by atoms with van der Waals surface area (Å²) in [5.74, 6) is 0.967. The molecule has 59 heavy (non-hydrogen) atoms. The minimum absolute atomic E-state index is 0.967. The number of hydrogen-bond donors (Lipinski definition) is 0. The largest absolute Gasteiger partial charge is 0.303 e. The van der Waals surface area contributed by atoms with E-state index in [4.69, 9.17) is 0 Å². The average molecular weight is 832 g/mol. The molecule has 0 aromatic carbocycles. The van der Waals surface area contributed by atoms with Crippen LogP contribution < -0.4 is 0 Å². The van der Waals surface area contributed by atoms with E-state index in [2.05, 4.69) is 44.4 Å². The van der Waals surface area contributed by atoms with E-state index in [1.807, 2.05) is 0 Å². The van der Waals surface area contributed by atoms with Crippen LogP contribution in [0.15, 0.2) is 0 Å². The Labute approximate surface area is 377 Å². The molecule has 0 aliphatic rings. The molecule has 0 aliphatic carbocycles. The highest BCUT2D eigenvalue weighted by Crippen LogP contribution is 2.24. The molecule has 0 amide bonds. The van der Waals surface area contributed by atoms with Gasteiger partial charge in [0.15, 0.2) is 0 Å². The standard InChI is InChI=1S/C57H118N2/c1-6-11-16-21-27-34-41-48-57(50-56-59(54-46-38-31-24-19-14-9-4)55-47-39-32-25-20-15-10-5)49-42-35-28-26-33-40-45-53-58(51-43-36-29-22-17-12-7-2)52-44-37-30-23-18-13-8-3/h57H,6-56H2,1-5H3. The van der Waals surface area contributed by atoms with E-state index in [0.29, 0.717) is 0 Å². The highest BCUT2D eigenvalue weighted by atomic mass is 15.1. The Bertz CT molecular complexity index is 685. The summed E-state index contributed by atoms with van der Waals surface area (Å²) in [6.07, 6.45) is 65.2. The fourth-order valence-corrected chi connectivity index (χ4v) is 9.68. The molecule has 0 rings (SSSR count). The second-order valence-electron chi connectivity index (χ2n) is 20.0. The zero-order valence-electron chi connectivity index (χ0n) is 42.5. The number of rotatable bonds is 53. The van der Waals surface area contributed by atoms with Crippen LogP contribution in [0.1, 0.15) is 324 Å². The van der Waals surface area contributed by atoms with Crippen LogP contribution in [0.2, 0.25) is 0 Å². The molecule has 2 heteroatoms.